The fraction of sp³-hybridized carbons (Fsp3) is 0.419. The van der Waals surface area contributed by atoms with Gasteiger partial charge in [0.2, 0.25) is 0 Å². The number of para-hydroxylation sites is 1. The van der Waals surface area contributed by atoms with Crippen molar-refractivity contribution in [3.63, 3.8) is 0 Å². The average molecular weight is 660 g/mol. The fourth-order valence-electron chi connectivity index (χ4n) is 4.69. The first-order valence-electron chi connectivity index (χ1n) is 14.0. The Balaban J connectivity index is 1.54. The first-order valence-corrected chi connectivity index (χ1v) is 14.8. The van der Waals surface area contributed by atoms with Crippen molar-refractivity contribution >= 4 is 35.1 Å². The Bertz CT molecular complexity index is 1350. The number of unbranched alkanes of at least 4 members (excludes halogenated alkanes) is 3. The minimum Gasteiger partial charge on any atom is -0.491 e. The normalized spacial score (nSPS) is 16.0. The van der Waals surface area contributed by atoms with E-state index >= 15 is 0 Å². The molecule has 1 aliphatic rings. The highest BCUT2D eigenvalue weighted by Crippen LogP contribution is 2.46. The van der Waals surface area contributed by atoms with Crippen molar-refractivity contribution in [1.29, 1.82) is 0 Å². The van der Waals surface area contributed by atoms with Crippen LogP contribution < -0.4 is 15.4 Å². The number of aliphatic hydroxyl groups is 1. The van der Waals surface area contributed by atoms with E-state index in [2.05, 4.69) is 15.4 Å². The molecule has 2 aromatic carbocycles. The number of carbonyl (C=O) groups is 2. The summed E-state index contributed by atoms with van der Waals surface area (Å²) in [6.07, 6.45) is -2.76. The molecule has 2 aromatic rings. The number of carbonyl (C=O) groups excluding carboxylic acids is 2. The number of allylic oxidation sites excluding steroid dienone is 2. The number of rotatable bonds is 15. The van der Waals surface area contributed by atoms with Crippen molar-refractivity contribution in [1.82, 2.24) is 10.6 Å². The van der Waals surface area contributed by atoms with E-state index < -0.39 is 41.4 Å². The Kier molecular flexibility index (Phi) is 13.4. The van der Waals surface area contributed by atoms with Gasteiger partial charge in [-0.15, -0.1) is 0 Å². The zero-order chi connectivity index (χ0) is 32.3. The molecule has 0 spiro atoms. The van der Waals surface area contributed by atoms with Crippen LogP contribution in [0, 0.1) is 0 Å². The van der Waals surface area contributed by atoms with Crippen LogP contribution in [0.1, 0.15) is 44.1 Å². The van der Waals surface area contributed by atoms with Gasteiger partial charge in [-0.05, 0) is 50.1 Å². The third kappa shape index (κ3) is 9.62. The van der Waals surface area contributed by atoms with E-state index in [4.69, 9.17) is 32.7 Å². The lowest BCUT2D eigenvalue weighted by Gasteiger charge is -2.32. The number of esters is 2. The summed E-state index contributed by atoms with van der Waals surface area (Å²) in [6.45, 7) is 2.53. The van der Waals surface area contributed by atoms with Crippen molar-refractivity contribution in [3.05, 3.63) is 86.7 Å². The Morgan fingerprint density at radius 2 is 1.70 bits per heavy atom. The summed E-state index contributed by atoms with van der Waals surface area (Å²) in [6, 6.07) is 13.5. The van der Waals surface area contributed by atoms with Gasteiger partial charge in [0, 0.05) is 12.2 Å². The Labute approximate surface area is 264 Å². The molecule has 0 aromatic heterocycles. The van der Waals surface area contributed by atoms with Gasteiger partial charge >= 0.3 is 18.1 Å². The number of nitrogens with one attached hydrogen (secondary N) is 2. The van der Waals surface area contributed by atoms with Gasteiger partial charge in [-0.25, -0.2) is 9.59 Å². The number of benzene rings is 2. The van der Waals surface area contributed by atoms with Crippen molar-refractivity contribution in [2.75, 3.05) is 33.4 Å². The minimum absolute atomic E-state index is 0.0119. The van der Waals surface area contributed by atoms with E-state index in [1.54, 1.807) is 0 Å². The summed E-state index contributed by atoms with van der Waals surface area (Å²) in [5, 5.41) is 15.3. The molecule has 0 radical (unpaired) electrons. The number of dihydropyridines is 1. The number of ether oxygens (including phenoxy) is 3. The summed E-state index contributed by atoms with van der Waals surface area (Å²) in [7, 11) is 0.946. The molecule has 3 N–H and O–H groups in total. The van der Waals surface area contributed by atoms with E-state index in [0.717, 1.165) is 26.4 Å². The van der Waals surface area contributed by atoms with Crippen LogP contribution in [-0.4, -0.2) is 62.7 Å². The summed E-state index contributed by atoms with van der Waals surface area (Å²) in [5.74, 6) is -3.03. The first-order chi connectivity index (χ1) is 21.0. The van der Waals surface area contributed by atoms with Gasteiger partial charge in [-0.2, -0.15) is 13.2 Å². The maximum Gasteiger partial charge on any atom is 0.431 e. The monoisotopic (exact) mass is 658 g/mol. The largest absolute Gasteiger partial charge is 0.491 e. The Morgan fingerprint density at radius 1 is 1.00 bits per heavy atom. The lowest BCUT2D eigenvalue weighted by atomic mass is 9.80. The zero-order valence-electron chi connectivity index (χ0n) is 24.3. The molecule has 44 heavy (non-hydrogen) atoms. The van der Waals surface area contributed by atoms with Crippen molar-refractivity contribution in [2.24, 2.45) is 0 Å². The predicted molar refractivity (Wildman–Crippen MR) is 160 cm³/mol. The molecule has 2 unspecified atom stereocenters. The highest BCUT2D eigenvalue weighted by Gasteiger charge is 2.48. The lowest BCUT2D eigenvalue weighted by Crippen LogP contribution is -2.38. The summed E-state index contributed by atoms with van der Waals surface area (Å²) < 4.78 is 57.8. The highest BCUT2D eigenvalue weighted by molar-refractivity contribution is 6.42. The van der Waals surface area contributed by atoms with Crippen LogP contribution in [0.25, 0.3) is 0 Å². The first kappa shape index (κ1) is 35.2. The molecule has 0 aliphatic carbocycles. The second-order valence-corrected chi connectivity index (χ2v) is 10.8. The van der Waals surface area contributed by atoms with E-state index in [-0.39, 0.29) is 40.1 Å². The second-order valence-electron chi connectivity index (χ2n) is 10.0. The average Bonchev–Trinajstić information content (AvgIpc) is 2.99. The predicted octanol–water partition coefficient (Wildman–Crippen LogP) is 6.08. The van der Waals surface area contributed by atoms with Gasteiger partial charge in [0.05, 0.1) is 40.8 Å². The molecule has 3 rings (SSSR count). The minimum atomic E-state index is -4.97. The van der Waals surface area contributed by atoms with Crippen LogP contribution in [0.2, 0.25) is 10.0 Å². The van der Waals surface area contributed by atoms with E-state index in [9.17, 15) is 27.9 Å². The molecule has 13 heteroatoms. The van der Waals surface area contributed by atoms with Gasteiger partial charge in [0.15, 0.2) is 0 Å². The van der Waals surface area contributed by atoms with E-state index in [1.807, 2.05) is 30.3 Å². The van der Waals surface area contributed by atoms with Crippen molar-refractivity contribution < 1.29 is 42.1 Å². The fourth-order valence-corrected chi connectivity index (χ4v) is 5.11. The number of halogens is 5. The maximum atomic E-state index is 14.0. The van der Waals surface area contributed by atoms with Crippen molar-refractivity contribution in [3.8, 4) is 5.75 Å². The topological polar surface area (TPSA) is 106 Å². The summed E-state index contributed by atoms with van der Waals surface area (Å²) >= 11 is 12.5. The van der Waals surface area contributed by atoms with Gasteiger partial charge < -0.3 is 30.0 Å². The zero-order valence-corrected chi connectivity index (χ0v) is 25.8. The third-order valence-corrected chi connectivity index (χ3v) is 7.64. The van der Waals surface area contributed by atoms with Gasteiger partial charge in [0.25, 0.3) is 0 Å². The Hall–Kier alpha value is -3.25. The second kappa shape index (κ2) is 16.7. The van der Waals surface area contributed by atoms with Crippen LogP contribution in [0.3, 0.4) is 0 Å². The molecular weight excluding hydrogens is 624 g/mol. The smallest absolute Gasteiger partial charge is 0.431 e. The highest BCUT2D eigenvalue weighted by atomic mass is 35.5. The summed E-state index contributed by atoms with van der Waals surface area (Å²) in [4.78, 5) is 26.0. The van der Waals surface area contributed by atoms with Gasteiger partial charge in [-0.1, -0.05) is 66.4 Å². The standard InChI is InChI=1S/C31H35Cl2F3N2O6/c1-19-24(25(22-13-10-14-23(32)27(22)33)26(29(40)42-2)28(38-19)31(34,35)36)30(41)43-16-9-4-3-8-15-37-17-20(39)18-44-21-11-6-5-7-12-21/h5-7,10-14,20,25,37-39H,3-4,8-9,15-18H2,1-2H3. The van der Waals surface area contributed by atoms with Crippen LogP contribution >= 0.6 is 23.2 Å². The molecular formula is C31H35Cl2F3N2O6. The maximum absolute atomic E-state index is 14.0. The number of methoxy groups -OCH3 is 1. The molecule has 8 nitrogen and oxygen atoms in total. The third-order valence-electron chi connectivity index (χ3n) is 6.81. The Morgan fingerprint density at radius 3 is 2.39 bits per heavy atom. The molecule has 0 saturated heterocycles. The SMILES string of the molecule is COC(=O)C1=C(C(F)(F)F)NC(C)=C(C(=O)OCCCCCCNCC(O)COc2ccccc2)C1c1cccc(Cl)c1Cl. The van der Waals surface area contributed by atoms with Crippen LogP contribution in [0.15, 0.2) is 71.1 Å². The summed E-state index contributed by atoms with van der Waals surface area (Å²) in [5.41, 5.74) is -2.51. The molecule has 1 heterocycles. The molecule has 1 aliphatic heterocycles. The molecule has 0 fully saturated rings. The van der Waals surface area contributed by atoms with Crippen molar-refractivity contribution in [2.45, 2.75) is 50.8 Å². The molecule has 2 atom stereocenters. The number of aliphatic hydroxyl groups excluding tert-OH is 1. The number of hydrogen-bond donors (Lipinski definition) is 3. The molecule has 0 bridgehead atoms. The van der Waals surface area contributed by atoms with Crippen LogP contribution in [0.4, 0.5) is 13.2 Å². The van der Waals surface area contributed by atoms with Crippen LogP contribution in [0.5, 0.6) is 5.75 Å². The molecule has 0 amide bonds. The number of hydrogen-bond acceptors (Lipinski definition) is 8. The number of alkyl halides is 3. The van der Waals surface area contributed by atoms with Crippen LogP contribution in [-0.2, 0) is 19.1 Å². The molecule has 0 saturated carbocycles. The molecule has 240 valence electrons. The lowest BCUT2D eigenvalue weighted by molar-refractivity contribution is -0.140. The van der Waals surface area contributed by atoms with Gasteiger partial charge in [-0.3, -0.25) is 0 Å². The van der Waals surface area contributed by atoms with E-state index in [1.165, 1.54) is 25.1 Å². The van der Waals surface area contributed by atoms with Gasteiger partial charge in [0.1, 0.15) is 24.2 Å². The quantitative estimate of drug-likeness (QED) is 0.156. The van der Waals surface area contributed by atoms with E-state index in [0.29, 0.717) is 25.3 Å².